The van der Waals surface area contributed by atoms with Crippen LogP contribution in [-0.4, -0.2) is 47.0 Å². The van der Waals surface area contributed by atoms with Gasteiger partial charge in [-0.15, -0.1) is 11.8 Å². The van der Waals surface area contributed by atoms with Crippen LogP contribution in [0.5, 0.6) is 0 Å². The second kappa shape index (κ2) is 8.35. The van der Waals surface area contributed by atoms with Crippen LogP contribution >= 0.6 is 11.8 Å². The Morgan fingerprint density at radius 1 is 1.23 bits per heavy atom. The number of amides is 2. The van der Waals surface area contributed by atoms with Gasteiger partial charge in [0.25, 0.3) is 5.91 Å². The number of nitrogens with one attached hydrogen (secondary N) is 1. The summed E-state index contributed by atoms with van der Waals surface area (Å²) in [7, 11) is 0. The van der Waals surface area contributed by atoms with Crippen molar-refractivity contribution in [3.63, 3.8) is 0 Å². The van der Waals surface area contributed by atoms with Gasteiger partial charge in [-0.25, -0.2) is 8.78 Å². The first-order chi connectivity index (χ1) is 12.5. The number of thioether (sulfide) groups is 1. The van der Waals surface area contributed by atoms with Gasteiger partial charge in [-0.3, -0.25) is 9.59 Å². The molecule has 1 aliphatic heterocycles. The third-order valence-electron chi connectivity index (χ3n) is 5.14. The molecule has 1 aliphatic carbocycles. The lowest BCUT2D eigenvalue weighted by atomic mass is 9.81. The number of halogens is 2. The van der Waals surface area contributed by atoms with Gasteiger partial charge in [0.2, 0.25) is 5.91 Å². The van der Waals surface area contributed by atoms with Crippen LogP contribution in [0, 0.1) is 17.6 Å². The van der Waals surface area contributed by atoms with E-state index < -0.39 is 23.6 Å². The van der Waals surface area contributed by atoms with Crippen LogP contribution in [-0.2, 0) is 4.79 Å². The van der Waals surface area contributed by atoms with Gasteiger partial charge < -0.3 is 16.0 Å². The Balaban J connectivity index is 1.51. The number of hydrogen-bond donors (Lipinski definition) is 2. The summed E-state index contributed by atoms with van der Waals surface area (Å²) in [6.07, 6.45) is 2.79. The predicted molar refractivity (Wildman–Crippen MR) is 96.6 cm³/mol. The number of nitrogens with two attached hydrogens (primary N) is 1. The van der Waals surface area contributed by atoms with Crippen LogP contribution in [0.1, 0.15) is 36.0 Å². The van der Waals surface area contributed by atoms with Gasteiger partial charge >= 0.3 is 0 Å². The summed E-state index contributed by atoms with van der Waals surface area (Å²) in [5.41, 5.74) is 5.88. The van der Waals surface area contributed by atoms with Crippen molar-refractivity contribution in [2.24, 2.45) is 11.7 Å². The minimum absolute atomic E-state index is 0.00400. The Bertz CT molecular complexity index is 674. The fourth-order valence-corrected chi connectivity index (χ4v) is 4.51. The summed E-state index contributed by atoms with van der Waals surface area (Å²) in [6, 6.07) is 2.20. The number of carbonyl (C=O) groups excluding carboxylic acids is 2. The van der Waals surface area contributed by atoms with Crippen LogP contribution in [0.3, 0.4) is 0 Å². The highest BCUT2D eigenvalue weighted by atomic mass is 32.2. The van der Waals surface area contributed by atoms with Crippen LogP contribution < -0.4 is 11.1 Å². The van der Waals surface area contributed by atoms with E-state index in [-0.39, 0.29) is 23.4 Å². The average Bonchev–Trinajstić information content (AvgIpc) is 3.17. The quantitative estimate of drug-likeness (QED) is 0.835. The molecule has 1 atom stereocenters. The molecule has 26 heavy (non-hydrogen) atoms. The molecule has 1 saturated heterocycles. The van der Waals surface area contributed by atoms with Gasteiger partial charge in [-0.2, -0.15) is 0 Å². The largest absolute Gasteiger partial charge is 0.349 e. The molecule has 1 aromatic rings. The first-order valence-corrected chi connectivity index (χ1v) is 9.99. The minimum atomic E-state index is -0.742. The van der Waals surface area contributed by atoms with Crippen molar-refractivity contribution in [3.8, 4) is 0 Å². The maximum atomic E-state index is 13.7. The SMILES string of the molecule is NC(C(=O)N1CCSC1)C1CCC(NC(=O)c2cc(F)ccc2F)CC1. The molecule has 1 aromatic carbocycles. The summed E-state index contributed by atoms with van der Waals surface area (Å²) in [4.78, 5) is 26.4. The van der Waals surface area contributed by atoms with Crippen LogP contribution in [0.2, 0.25) is 0 Å². The van der Waals surface area contributed by atoms with E-state index >= 15 is 0 Å². The number of carbonyl (C=O) groups is 2. The topological polar surface area (TPSA) is 75.4 Å². The minimum Gasteiger partial charge on any atom is -0.349 e. The fourth-order valence-electron chi connectivity index (χ4n) is 3.56. The van der Waals surface area contributed by atoms with E-state index in [1.54, 1.807) is 16.7 Å². The Kier molecular flexibility index (Phi) is 6.13. The summed E-state index contributed by atoms with van der Waals surface area (Å²) in [5, 5.41) is 2.76. The highest BCUT2D eigenvalue weighted by Crippen LogP contribution is 2.28. The first-order valence-electron chi connectivity index (χ1n) is 8.83. The molecule has 8 heteroatoms. The lowest BCUT2D eigenvalue weighted by Crippen LogP contribution is -2.49. The normalized spacial score (nSPS) is 24.3. The molecule has 1 heterocycles. The second-order valence-electron chi connectivity index (χ2n) is 6.87. The molecule has 142 valence electrons. The van der Waals surface area contributed by atoms with Crippen molar-refractivity contribution < 1.29 is 18.4 Å². The van der Waals surface area contributed by atoms with Crippen molar-refractivity contribution in [1.29, 1.82) is 0 Å². The number of rotatable bonds is 4. The molecule has 0 spiro atoms. The molecule has 1 saturated carbocycles. The van der Waals surface area contributed by atoms with E-state index in [1.165, 1.54) is 0 Å². The highest BCUT2D eigenvalue weighted by Gasteiger charge is 2.33. The van der Waals surface area contributed by atoms with Crippen LogP contribution in [0.15, 0.2) is 18.2 Å². The molecule has 3 rings (SSSR count). The predicted octanol–water partition coefficient (Wildman–Crippen LogP) is 2.11. The summed E-state index contributed by atoms with van der Waals surface area (Å²) in [5.74, 6) is -0.250. The Hall–Kier alpha value is -1.67. The molecule has 0 aromatic heterocycles. The lowest BCUT2D eigenvalue weighted by molar-refractivity contribution is -0.132. The zero-order valence-electron chi connectivity index (χ0n) is 14.4. The average molecular weight is 383 g/mol. The maximum absolute atomic E-state index is 13.7. The van der Waals surface area contributed by atoms with E-state index in [0.29, 0.717) is 18.7 Å². The Labute approximate surface area is 155 Å². The Morgan fingerprint density at radius 2 is 1.96 bits per heavy atom. The monoisotopic (exact) mass is 383 g/mol. The molecule has 0 radical (unpaired) electrons. The van der Waals surface area contributed by atoms with E-state index in [9.17, 15) is 18.4 Å². The van der Waals surface area contributed by atoms with Gasteiger partial charge in [0.05, 0.1) is 17.5 Å². The standard InChI is InChI=1S/C18H23F2N3O2S/c19-12-3-6-15(20)14(9-12)17(24)22-13-4-1-11(2-5-13)16(21)18(25)23-7-8-26-10-23/h3,6,9,11,13,16H,1-2,4-5,7-8,10,21H2,(H,22,24). The molecular weight excluding hydrogens is 360 g/mol. The van der Waals surface area contributed by atoms with Crippen molar-refractivity contribution in [2.75, 3.05) is 18.2 Å². The smallest absolute Gasteiger partial charge is 0.254 e. The van der Waals surface area contributed by atoms with Gasteiger partial charge in [0.15, 0.2) is 0 Å². The summed E-state index contributed by atoms with van der Waals surface area (Å²) >= 11 is 1.73. The summed E-state index contributed by atoms with van der Waals surface area (Å²) < 4.78 is 26.9. The van der Waals surface area contributed by atoms with Crippen LogP contribution in [0.4, 0.5) is 8.78 Å². The summed E-state index contributed by atoms with van der Waals surface area (Å²) in [6.45, 7) is 0.752. The number of nitrogens with zero attached hydrogens (tertiary/aromatic N) is 1. The van der Waals surface area contributed by atoms with E-state index in [4.69, 9.17) is 5.73 Å². The zero-order chi connectivity index (χ0) is 18.7. The van der Waals surface area contributed by atoms with Crippen molar-refractivity contribution >= 4 is 23.6 Å². The molecule has 1 unspecified atom stereocenters. The molecule has 5 nitrogen and oxygen atoms in total. The third-order valence-corrected chi connectivity index (χ3v) is 6.10. The van der Waals surface area contributed by atoms with E-state index in [2.05, 4.69) is 5.32 Å². The van der Waals surface area contributed by atoms with Crippen LogP contribution in [0.25, 0.3) is 0 Å². The molecule has 0 bridgehead atoms. The fraction of sp³-hybridized carbons (Fsp3) is 0.556. The zero-order valence-corrected chi connectivity index (χ0v) is 15.2. The van der Waals surface area contributed by atoms with Gasteiger partial charge in [-0.1, -0.05) is 0 Å². The maximum Gasteiger partial charge on any atom is 0.254 e. The van der Waals surface area contributed by atoms with Crippen molar-refractivity contribution in [1.82, 2.24) is 10.2 Å². The number of hydrogen-bond acceptors (Lipinski definition) is 4. The first kappa shape index (κ1) is 19.1. The number of benzene rings is 1. The van der Waals surface area contributed by atoms with Gasteiger partial charge in [-0.05, 0) is 49.8 Å². The molecule has 2 fully saturated rings. The highest BCUT2D eigenvalue weighted by molar-refractivity contribution is 7.99. The van der Waals surface area contributed by atoms with Crippen molar-refractivity contribution in [3.05, 3.63) is 35.4 Å². The Morgan fingerprint density at radius 3 is 2.62 bits per heavy atom. The molecule has 3 N–H and O–H groups in total. The van der Waals surface area contributed by atoms with E-state index in [1.807, 2.05) is 0 Å². The van der Waals surface area contributed by atoms with Gasteiger partial charge in [0.1, 0.15) is 11.6 Å². The molecular formula is C18H23F2N3O2S. The molecule has 2 aliphatic rings. The third kappa shape index (κ3) is 4.35. The van der Waals surface area contributed by atoms with Crippen molar-refractivity contribution in [2.45, 2.75) is 37.8 Å². The molecule has 2 amide bonds. The second-order valence-corrected chi connectivity index (χ2v) is 7.95. The van der Waals surface area contributed by atoms with Gasteiger partial charge in [0, 0.05) is 18.3 Å². The van der Waals surface area contributed by atoms with E-state index in [0.717, 1.165) is 43.3 Å². The lowest BCUT2D eigenvalue weighted by Gasteiger charge is -2.33.